The van der Waals surface area contributed by atoms with Crippen LogP contribution in [0.4, 0.5) is 0 Å². The second kappa shape index (κ2) is 9.24. The van der Waals surface area contributed by atoms with E-state index in [0.29, 0.717) is 38.4 Å². The third-order valence-corrected chi connectivity index (χ3v) is 5.83. The second-order valence-corrected chi connectivity index (χ2v) is 8.07. The van der Waals surface area contributed by atoms with Crippen molar-refractivity contribution in [1.82, 2.24) is 4.98 Å². The average Bonchev–Trinajstić information content (AvgIpc) is 3.59. The van der Waals surface area contributed by atoms with Gasteiger partial charge in [-0.1, -0.05) is 12.1 Å². The van der Waals surface area contributed by atoms with Crippen LogP contribution in [0, 0.1) is 6.92 Å². The molecule has 1 aliphatic heterocycles. The summed E-state index contributed by atoms with van der Waals surface area (Å²) in [6.45, 7) is 5.70. The molecular weight excluding hydrogens is 398 g/mol. The lowest BCUT2D eigenvalue weighted by Crippen LogP contribution is -2.49. The van der Waals surface area contributed by atoms with E-state index >= 15 is 0 Å². The van der Waals surface area contributed by atoms with E-state index in [-0.39, 0.29) is 12.8 Å². The summed E-state index contributed by atoms with van der Waals surface area (Å²) in [6.07, 6.45) is 4.76. The molecule has 7 heteroatoms. The van der Waals surface area contributed by atoms with Crippen molar-refractivity contribution < 1.29 is 28.8 Å². The van der Waals surface area contributed by atoms with Gasteiger partial charge in [-0.25, -0.2) is 9.78 Å². The summed E-state index contributed by atoms with van der Waals surface area (Å²) in [5.41, 5.74) is 2.58. The molecule has 4 rings (SSSR count). The van der Waals surface area contributed by atoms with Crippen LogP contribution in [0.2, 0.25) is 0 Å². The van der Waals surface area contributed by atoms with E-state index in [1.165, 1.54) is 0 Å². The maximum Gasteiger partial charge on any atom is 0.348 e. The number of nitrogens with zero attached hydrogens (tertiary/aromatic N) is 1. The number of carbonyl (C=O) groups is 1. The van der Waals surface area contributed by atoms with Crippen molar-refractivity contribution in [3.05, 3.63) is 41.6 Å². The van der Waals surface area contributed by atoms with Gasteiger partial charge < -0.3 is 24.1 Å². The predicted octanol–water partition coefficient (Wildman–Crippen LogP) is 4.15. The number of aliphatic carboxylic acids is 1. The SMILES string of the molecule is CCOc1cccc(-c2cnc(OC3(C(=O)O)CCOCC3)cc2COC2CC2)c1C. The van der Waals surface area contributed by atoms with Gasteiger partial charge in [-0.2, -0.15) is 0 Å². The van der Waals surface area contributed by atoms with Gasteiger partial charge >= 0.3 is 5.97 Å². The fraction of sp³-hybridized carbons (Fsp3) is 0.500. The van der Waals surface area contributed by atoms with Crippen LogP contribution in [0.15, 0.2) is 30.5 Å². The Labute approximate surface area is 182 Å². The number of ether oxygens (including phenoxy) is 4. The van der Waals surface area contributed by atoms with Crippen LogP contribution < -0.4 is 9.47 Å². The molecule has 0 amide bonds. The zero-order valence-corrected chi connectivity index (χ0v) is 18.1. The van der Waals surface area contributed by atoms with Crippen LogP contribution in [-0.2, 0) is 20.9 Å². The molecule has 0 radical (unpaired) electrons. The summed E-state index contributed by atoms with van der Waals surface area (Å²) in [5, 5.41) is 9.81. The molecule has 1 aromatic heterocycles. The summed E-state index contributed by atoms with van der Waals surface area (Å²) in [7, 11) is 0. The Morgan fingerprint density at radius 1 is 1.26 bits per heavy atom. The van der Waals surface area contributed by atoms with Crippen molar-refractivity contribution in [2.75, 3.05) is 19.8 Å². The minimum absolute atomic E-state index is 0.287. The molecule has 1 aromatic carbocycles. The lowest BCUT2D eigenvalue weighted by Gasteiger charge is -2.33. The van der Waals surface area contributed by atoms with Gasteiger partial charge in [0.25, 0.3) is 0 Å². The number of carboxylic acid groups (broad SMARTS) is 1. The first-order valence-electron chi connectivity index (χ1n) is 10.9. The van der Waals surface area contributed by atoms with E-state index in [0.717, 1.165) is 40.8 Å². The number of rotatable bonds is 9. The zero-order valence-electron chi connectivity index (χ0n) is 18.1. The molecule has 0 unspecified atom stereocenters. The summed E-state index contributed by atoms with van der Waals surface area (Å²) in [5.74, 6) is 0.139. The molecule has 1 N–H and O–H groups in total. The molecule has 2 aliphatic rings. The number of hydrogen-bond acceptors (Lipinski definition) is 6. The first kappa shape index (κ1) is 21.6. The minimum atomic E-state index is -1.31. The molecule has 2 fully saturated rings. The van der Waals surface area contributed by atoms with E-state index in [4.69, 9.17) is 18.9 Å². The van der Waals surface area contributed by atoms with Crippen LogP contribution >= 0.6 is 0 Å². The van der Waals surface area contributed by atoms with Gasteiger partial charge in [0, 0.05) is 30.7 Å². The molecule has 7 nitrogen and oxygen atoms in total. The highest BCUT2D eigenvalue weighted by atomic mass is 16.5. The fourth-order valence-corrected chi connectivity index (χ4v) is 3.81. The molecule has 2 aromatic rings. The van der Waals surface area contributed by atoms with E-state index in [2.05, 4.69) is 4.98 Å². The summed E-state index contributed by atoms with van der Waals surface area (Å²) in [6, 6.07) is 7.76. The lowest BCUT2D eigenvalue weighted by molar-refractivity contribution is -0.164. The van der Waals surface area contributed by atoms with Crippen molar-refractivity contribution in [1.29, 1.82) is 0 Å². The smallest absolute Gasteiger partial charge is 0.348 e. The first-order chi connectivity index (χ1) is 15.0. The predicted molar refractivity (Wildman–Crippen MR) is 114 cm³/mol. The van der Waals surface area contributed by atoms with Gasteiger partial charge in [0.15, 0.2) is 0 Å². The number of aromatic nitrogens is 1. The van der Waals surface area contributed by atoms with Gasteiger partial charge in [0.2, 0.25) is 11.5 Å². The van der Waals surface area contributed by atoms with Crippen LogP contribution in [0.3, 0.4) is 0 Å². The summed E-state index contributed by atoms with van der Waals surface area (Å²) in [4.78, 5) is 16.4. The van der Waals surface area contributed by atoms with E-state index in [1.54, 1.807) is 6.20 Å². The second-order valence-electron chi connectivity index (χ2n) is 8.07. The van der Waals surface area contributed by atoms with Crippen LogP contribution in [-0.4, -0.2) is 47.6 Å². The zero-order chi connectivity index (χ0) is 21.8. The third kappa shape index (κ3) is 4.83. The Bertz CT molecular complexity index is 934. The lowest BCUT2D eigenvalue weighted by atomic mass is 9.94. The fourth-order valence-electron chi connectivity index (χ4n) is 3.81. The maximum absolute atomic E-state index is 12.0. The van der Waals surface area contributed by atoms with Crippen molar-refractivity contribution in [3.63, 3.8) is 0 Å². The number of benzene rings is 1. The normalized spacial score (nSPS) is 17.9. The Balaban J connectivity index is 1.68. The molecule has 0 atom stereocenters. The minimum Gasteiger partial charge on any atom is -0.494 e. The van der Waals surface area contributed by atoms with Crippen molar-refractivity contribution in [2.45, 2.75) is 57.8 Å². The molecule has 2 heterocycles. The highest BCUT2D eigenvalue weighted by molar-refractivity contribution is 5.78. The third-order valence-electron chi connectivity index (χ3n) is 5.83. The Morgan fingerprint density at radius 3 is 2.71 bits per heavy atom. The van der Waals surface area contributed by atoms with Crippen LogP contribution in [0.5, 0.6) is 11.6 Å². The molecule has 0 bridgehead atoms. The number of pyridine rings is 1. The van der Waals surface area contributed by atoms with Crippen molar-refractivity contribution >= 4 is 5.97 Å². The molecule has 0 spiro atoms. The summed E-state index contributed by atoms with van der Waals surface area (Å²) < 4.78 is 23.1. The molecule has 1 saturated carbocycles. The number of hydrogen-bond donors (Lipinski definition) is 1. The Morgan fingerprint density at radius 2 is 2.03 bits per heavy atom. The van der Waals surface area contributed by atoms with Gasteiger partial charge in [-0.3, -0.25) is 0 Å². The van der Waals surface area contributed by atoms with Gasteiger partial charge in [-0.15, -0.1) is 0 Å². The topological polar surface area (TPSA) is 87.1 Å². The molecule has 1 saturated heterocycles. The van der Waals surface area contributed by atoms with E-state index < -0.39 is 11.6 Å². The Hall–Kier alpha value is -2.64. The molecular formula is C24H29NO6. The van der Waals surface area contributed by atoms with E-state index in [9.17, 15) is 9.90 Å². The Kier molecular flexibility index (Phi) is 6.43. The average molecular weight is 427 g/mol. The highest BCUT2D eigenvalue weighted by Crippen LogP contribution is 2.36. The van der Waals surface area contributed by atoms with Crippen molar-refractivity contribution in [3.8, 4) is 22.8 Å². The maximum atomic E-state index is 12.0. The molecule has 1 aliphatic carbocycles. The summed E-state index contributed by atoms with van der Waals surface area (Å²) >= 11 is 0. The molecule has 31 heavy (non-hydrogen) atoms. The quantitative estimate of drug-likeness (QED) is 0.643. The highest BCUT2D eigenvalue weighted by Gasteiger charge is 2.43. The largest absolute Gasteiger partial charge is 0.494 e. The van der Waals surface area contributed by atoms with Crippen LogP contribution in [0.1, 0.15) is 43.7 Å². The van der Waals surface area contributed by atoms with Crippen molar-refractivity contribution in [2.24, 2.45) is 0 Å². The van der Waals surface area contributed by atoms with Gasteiger partial charge in [0.05, 0.1) is 32.5 Å². The first-order valence-corrected chi connectivity index (χ1v) is 10.9. The van der Waals surface area contributed by atoms with Gasteiger partial charge in [-0.05, 0) is 49.4 Å². The van der Waals surface area contributed by atoms with E-state index in [1.807, 2.05) is 38.1 Å². The van der Waals surface area contributed by atoms with Crippen LogP contribution in [0.25, 0.3) is 11.1 Å². The molecule has 166 valence electrons. The van der Waals surface area contributed by atoms with Gasteiger partial charge in [0.1, 0.15) is 5.75 Å². The monoisotopic (exact) mass is 427 g/mol. The standard InChI is InChI=1S/C24H29NO6/c1-3-29-21-6-4-5-19(16(21)2)20-14-25-22(13-17(20)15-30-18-7-8-18)31-24(23(26)27)9-11-28-12-10-24/h4-6,13-14,18H,3,7-12,15H2,1-2H3,(H,26,27). The number of carboxylic acids is 1.